The van der Waals surface area contributed by atoms with Gasteiger partial charge in [-0.25, -0.2) is 0 Å². The lowest BCUT2D eigenvalue weighted by atomic mass is 9.99. The van der Waals surface area contributed by atoms with Gasteiger partial charge < -0.3 is 40.3 Å². The van der Waals surface area contributed by atoms with Crippen LogP contribution in [-0.2, 0) is 14.3 Å². The van der Waals surface area contributed by atoms with E-state index in [1.807, 2.05) is 6.08 Å². The Bertz CT molecular complexity index is 781. The number of carbonyl (C=O) groups excluding carboxylic acids is 1. The predicted octanol–water partition coefficient (Wildman–Crippen LogP) is 7.39. The highest BCUT2D eigenvalue weighted by Crippen LogP contribution is 2.22. The molecule has 7 atom stereocenters. The summed E-state index contributed by atoms with van der Waals surface area (Å²) in [5.41, 5.74) is 0. The topological polar surface area (TPSA) is 149 Å². The lowest BCUT2D eigenvalue weighted by Gasteiger charge is -2.40. The Labute approximate surface area is 299 Å². The fourth-order valence-corrected chi connectivity index (χ4v) is 6.51. The van der Waals surface area contributed by atoms with Gasteiger partial charge in [-0.15, -0.1) is 0 Å². The first-order chi connectivity index (χ1) is 23.8. The predicted molar refractivity (Wildman–Crippen MR) is 198 cm³/mol. The number of carbonyl (C=O) groups is 1. The molecule has 0 saturated carbocycles. The average molecular weight is 700 g/mol. The highest BCUT2D eigenvalue weighted by atomic mass is 16.7. The summed E-state index contributed by atoms with van der Waals surface area (Å²) in [6.07, 6.45) is 26.7. The second kappa shape index (κ2) is 31.6. The molecular formula is C40H77NO8. The third-order valence-electron chi connectivity index (χ3n) is 9.86. The minimum atomic E-state index is -1.56. The van der Waals surface area contributed by atoms with Crippen LogP contribution < -0.4 is 5.32 Å². The van der Waals surface area contributed by atoms with Crippen LogP contribution in [0.4, 0.5) is 0 Å². The number of ether oxygens (including phenoxy) is 2. The van der Waals surface area contributed by atoms with Crippen molar-refractivity contribution in [2.75, 3.05) is 13.2 Å². The molecule has 0 aromatic heterocycles. The molecule has 0 aromatic carbocycles. The zero-order valence-corrected chi connectivity index (χ0v) is 31.5. The van der Waals surface area contributed by atoms with Crippen LogP contribution in [0.15, 0.2) is 12.2 Å². The van der Waals surface area contributed by atoms with E-state index in [9.17, 15) is 30.3 Å². The smallest absolute Gasteiger partial charge is 0.220 e. The number of hydrogen-bond donors (Lipinski definition) is 6. The first kappa shape index (κ1) is 46.0. The van der Waals surface area contributed by atoms with Gasteiger partial charge in [-0.05, 0) is 19.3 Å². The second-order valence-electron chi connectivity index (χ2n) is 14.4. The molecule has 1 amide bonds. The molecule has 9 nitrogen and oxygen atoms in total. The summed E-state index contributed by atoms with van der Waals surface area (Å²) in [5.74, 6) is -0.178. The zero-order chi connectivity index (χ0) is 36.0. The summed E-state index contributed by atoms with van der Waals surface area (Å²) in [6, 6.07) is -0.796. The number of aliphatic hydroxyl groups is 5. The molecule has 0 aromatic rings. The molecule has 49 heavy (non-hydrogen) atoms. The van der Waals surface area contributed by atoms with Crippen molar-refractivity contribution in [3.63, 3.8) is 0 Å². The van der Waals surface area contributed by atoms with Crippen molar-refractivity contribution in [1.82, 2.24) is 5.32 Å². The molecule has 0 bridgehead atoms. The maximum absolute atomic E-state index is 12.9. The van der Waals surface area contributed by atoms with E-state index >= 15 is 0 Å². The number of aliphatic hydroxyl groups excluding tert-OH is 5. The number of rotatable bonds is 33. The fraction of sp³-hybridized carbons (Fsp3) is 0.925. The Kier molecular flexibility index (Phi) is 29.7. The first-order valence-corrected chi connectivity index (χ1v) is 20.4. The molecule has 9 heteroatoms. The first-order valence-electron chi connectivity index (χ1n) is 20.4. The van der Waals surface area contributed by atoms with Crippen molar-refractivity contribution < 1.29 is 39.8 Å². The van der Waals surface area contributed by atoms with E-state index in [1.165, 1.54) is 122 Å². The largest absolute Gasteiger partial charge is 0.394 e. The van der Waals surface area contributed by atoms with Crippen molar-refractivity contribution in [3.05, 3.63) is 12.2 Å². The number of nitrogens with one attached hydrogen (secondary N) is 1. The van der Waals surface area contributed by atoms with Gasteiger partial charge in [-0.2, -0.15) is 0 Å². The quantitative estimate of drug-likeness (QED) is 0.0307. The van der Waals surface area contributed by atoms with Gasteiger partial charge in [0, 0.05) is 6.42 Å². The van der Waals surface area contributed by atoms with E-state index in [1.54, 1.807) is 6.08 Å². The number of unbranched alkanes of at least 4 members (excludes halogenated alkanes) is 23. The summed E-state index contributed by atoms with van der Waals surface area (Å²) in [4.78, 5) is 12.9. The van der Waals surface area contributed by atoms with Crippen molar-refractivity contribution in [3.8, 4) is 0 Å². The molecule has 1 heterocycles. The third kappa shape index (κ3) is 23.2. The van der Waals surface area contributed by atoms with Crippen molar-refractivity contribution in [2.24, 2.45) is 0 Å². The molecule has 0 aliphatic carbocycles. The maximum Gasteiger partial charge on any atom is 0.220 e. The van der Waals surface area contributed by atoms with Crippen molar-refractivity contribution in [2.45, 2.75) is 224 Å². The molecule has 0 spiro atoms. The highest BCUT2D eigenvalue weighted by molar-refractivity contribution is 5.76. The Morgan fingerprint density at radius 1 is 0.673 bits per heavy atom. The maximum atomic E-state index is 12.9. The van der Waals surface area contributed by atoms with Gasteiger partial charge in [0.15, 0.2) is 6.29 Å². The van der Waals surface area contributed by atoms with Crippen LogP contribution in [0, 0.1) is 0 Å². The van der Waals surface area contributed by atoms with Crippen molar-refractivity contribution >= 4 is 5.91 Å². The molecule has 0 radical (unpaired) electrons. The van der Waals surface area contributed by atoms with E-state index in [0.717, 1.165) is 38.5 Å². The average Bonchev–Trinajstić information content (AvgIpc) is 3.10. The number of allylic oxidation sites excluding steroid dienone is 1. The van der Waals surface area contributed by atoms with Gasteiger partial charge >= 0.3 is 0 Å². The second-order valence-corrected chi connectivity index (χ2v) is 14.4. The monoisotopic (exact) mass is 700 g/mol. The minimum Gasteiger partial charge on any atom is -0.394 e. The van der Waals surface area contributed by atoms with E-state index in [2.05, 4.69) is 19.2 Å². The van der Waals surface area contributed by atoms with E-state index in [-0.39, 0.29) is 12.5 Å². The SMILES string of the molecule is CCCCCCCCCCCCC/C=C/[C@@H](O)[C@H](COC1OC(CO)C(O)[C@H](O)C1O)NC(=O)CCCCCCCCCCCCCCC. The van der Waals surface area contributed by atoms with Crippen molar-refractivity contribution in [1.29, 1.82) is 0 Å². The van der Waals surface area contributed by atoms with E-state index in [4.69, 9.17) is 9.47 Å². The molecular weight excluding hydrogens is 622 g/mol. The highest BCUT2D eigenvalue weighted by Gasteiger charge is 2.44. The molecule has 1 fully saturated rings. The summed E-state index contributed by atoms with van der Waals surface area (Å²) >= 11 is 0. The summed E-state index contributed by atoms with van der Waals surface area (Å²) in [7, 11) is 0. The Hall–Kier alpha value is -1.07. The van der Waals surface area contributed by atoms with Crippen LogP contribution in [0.5, 0.6) is 0 Å². The van der Waals surface area contributed by atoms with E-state index in [0.29, 0.717) is 6.42 Å². The van der Waals surface area contributed by atoms with Gasteiger partial charge in [-0.3, -0.25) is 4.79 Å². The standard InChI is InChI=1S/C40H77NO8/c1-3-5-7-9-11-13-15-17-19-21-23-25-27-29-34(43)33(32-48-40-39(47)38(46)37(45)35(31-42)49-40)41-36(44)30-28-26-24-22-20-18-16-14-12-10-8-6-4-2/h27,29,33-35,37-40,42-43,45-47H,3-26,28,30-32H2,1-2H3,(H,41,44)/b29-27+/t33-,34+,35?,37?,38-,39?,40?/m0/s1. The van der Waals surface area contributed by atoms with Crippen LogP contribution in [-0.4, -0.2) is 87.5 Å². The summed E-state index contributed by atoms with van der Waals surface area (Å²) in [5, 5.41) is 53.9. The molecule has 1 rings (SSSR count). The lowest BCUT2D eigenvalue weighted by Crippen LogP contribution is -2.60. The number of amides is 1. The van der Waals surface area contributed by atoms with Crippen LogP contribution in [0.3, 0.4) is 0 Å². The molecule has 1 saturated heterocycles. The Balaban J connectivity index is 2.43. The fourth-order valence-electron chi connectivity index (χ4n) is 6.51. The molecule has 6 N–H and O–H groups in total. The van der Waals surface area contributed by atoms with Gasteiger partial charge in [0.2, 0.25) is 5.91 Å². The molecule has 4 unspecified atom stereocenters. The Morgan fingerprint density at radius 2 is 1.12 bits per heavy atom. The molecule has 290 valence electrons. The number of hydrogen-bond acceptors (Lipinski definition) is 8. The van der Waals surface area contributed by atoms with Crippen LogP contribution in [0.25, 0.3) is 0 Å². The zero-order valence-electron chi connectivity index (χ0n) is 31.5. The van der Waals surface area contributed by atoms with Gasteiger partial charge in [-0.1, -0.05) is 167 Å². The van der Waals surface area contributed by atoms with Gasteiger partial charge in [0.1, 0.15) is 24.4 Å². The Morgan fingerprint density at radius 3 is 1.59 bits per heavy atom. The van der Waals surface area contributed by atoms with Gasteiger partial charge in [0.05, 0.1) is 25.4 Å². The molecule has 1 aliphatic heterocycles. The summed E-state index contributed by atoms with van der Waals surface area (Å²) < 4.78 is 11.2. The van der Waals surface area contributed by atoms with Crippen LogP contribution in [0.1, 0.15) is 181 Å². The van der Waals surface area contributed by atoms with Crippen LogP contribution in [0.2, 0.25) is 0 Å². The van der Waals surface area contributed by atoms with Crippen LogP contribution >= 0.6 is 0 Å². The lowest BCUT2D eigenvalue weighted by molar-refractivity contribution is -0.302. The third-order valence-corrected chi connectivity index (χ3v) is 9.86. The molecule has 1 aliphatic rings. The minimum absolute atomic E-state index is 0.178. The van der Waals surface area contributed by atoms with Gasteiger partial charge in [0.25, 0.3) is 0 Å². The normalized spacial score (nSPS) is 22.5. The van der Waals surface area contributed by atoms with E-state index < -0.39 is 49.5 Å². The summed E-state index contributed by atoms with van der Waals surface area (Å²) in [6.45, 7) is 3.75.